The van der Waals surface area contributed by atoms with E-state index in [1.807, 2.05) is 12.1 Å². The highest BCUT2D eigenvalue weighted by Gasteiger charge is 2.13. The predicted octanol–water partition coefficient (Wildman–Crippen LogP) is 3.75. The van der Waals surface area contributed by atoms with Crippen LogP contribution in [0.5, 0.6) is 0 Å². The molecule has 0 aromatic heterocycles. The van der Waals surface area contributed by atoms with Crippen molar-refractivity contribution in [3.63, 3.8) is 0 Å². The van der Waals surface area contributed by atoms with E-state index < -0.39 is 0 Å². The van der Waals surface area contributed by atoms with E-state index in [2.05, 4.69) is 48.0 Å². The number of ether oxygens (including phenoxy) is 1. The smallest absolute Gasteiger partial charge is 0.225 e. The van der Waals surface area contributed by atoms with E-state index in [-0.39, 0.29) is 5.91 Å². The molecule has 0 unspecified atom stereocenters. The highest BCUT2D eigenvalue weighted by Crippen LogP contribution is 2.19. The normalized spacial score (nSPS) is 14.9. The SMILES string of the molecule is CCCCCN(CCC(=O)Nc1ccc(N2CCOCC2)cc1)C(C)C. The molecule has 0 atom stereocenters. The second kappa shape index (κ2) is 11.2. The van der Waals surface area contributed by atoms with Crippen LogP contribution in [-0.2, 0) is 9.53 Å². The van der Waals surface area contributed by atoms with Gasteiger partial charge in [0.2, 0.25) is 5.91 Å². The first-order valence-electron chi connectivity index (χ1n) is 10.1. The van der Waals surface area contributed by atoms with Gasteiger partial charge in [0.05, 0.1) is 13.2 Å². The van der Waals surface area contributed by atoms with Gasteiger partial charge in [-0.1, -0.05) is 19.8 Å². The summed E-state index contributed by atoms with van der Waals surface area (Å²) in [6.07, 6.45) is 4.23. The van der Waals surface area contributed by atoms with Crippen molar-refractivity contribution in [1.82, 2.24) is 4.90 Å². The topological polar surface area (TPSA) is 44.8 Å². The summed E-state index contributed by atoms with van der Waals surface area (Å²) in [6.45, 7) is 11.9. The third-order valence-electron chi connectivity index (χ3n) is 4.93. The number of carbonyl (C=O) groups excluding carboxylic acids is 1. The highest BCUT2D eigenvalue weighted by molar-refractivity contribution is 5.91. The Balaban J connectivity index is 1.77. The van der Waals surface area contributed by atoms with Crippen LogP contribution in [0, 0.1) is 0 Å². The summed E-state index contributed by atoms with van der Waals surface area (Å²) in [6, 6.07) is 8.61. The van der Waals surface area contributed by atoms with Crippen LogP contribution in [0.25, 0.3) is 0 Å². The Morgan fingerprint density at radius 1 is 1.15 bits per heavy atom. The van der Waals surface area contributed by atoms with E-state index in [0.29, 0.717) is 12.5 Å². The van der Waals surface area contributed by atoms with Crippen molar-refractivity contribution in [2.24, 2.45) is 0 Å². The van der Waals surface area contributed by atoms with Crippen LogP contribution < -0.4 is 10.2 Å². The molecule has 1 aliphatic rings. The monoisotopic (exact) mass is 361 g/mol. The van der Waals surface area contributed by atoms with Crippen LogP contribution in [0.2, 0.25) is 0 Å². The molecule has 0 bridgehead atoms. The number of hydrogen-bond acceptors (Lipinski definition) is 4. The van der Waals surface area contributed by atoms with Gasteiger partial charge in [-0.25, -0.2) is 0 Å². The third-order valence-corrected chi connectivity index (χ3v) is 4.93. The molecule has 0 radical (unpaired) electrons. The van der Waals surface area contributed by atoms with Crippen LogP contribution in [-0.4, -0.2) is 56.2 Å². The Bertz CT molecular complexity index is 525. The molecule has 5 heteroatoms. The van der Waals surface area contributed by atoms with E-state index in [0.717, 1.165) is 45.1 Å². The lowest BCUT2D eigenvalue weighted by Crippen LogP contribution is -2.36. The summed E-state index contributed by atoms with van der Waals surface area (Å²) in [4.78, 5) is 17.0. The Kier molecular flexibility index (Phi) is 8.92. The fourth-order valence-electron chi connectivity index (χ4n) is 3.24. The van der Waals surface area contributed by atoms with Crippen LogP contribution in [0.4, 0.5) is 11.4 Å². The van der Waals surface area contributed by atoms with Crippen LogP contribution in [0.3, 0.4) is 0 Å². The van der Waals surface area contributed by atoms with Gasteiger partial charge in [0.15, 0.2) is 0 Å². The third kappa shape index (κ3) is 6.96. The van der Waals surface area contributed by atoms with E-state index in [1.54, 1.807) is 0 Å². The van der Waals surface area contributed by atoms with E-state index in [4.69, 9.17) is 4.74 Å². The Labute approximate surface area is 158 Å². The molecule has 1 N–H and O–H groups in total. The number of benzene rings is 1. The van der Waals surface area contributed by atoms with Gasteiger partial charge in [0.25, 0.3) is 0 Å². The lowest BCUT2D eigenvalue weighted by Gasteiger charge is -2.29. The molecular weight excluding hydrogens is 326 g/mol. The molecule has 26 heavy (non-hydrogen) atoms. The number of anilines is 2. The van der Waals surface area contributed by atoms with Crippen molar-refractivity contribution < 1.29 is 9.53 Å². The number of rotatable bonds is 10. The number of unbranched alkanes of at least 4 members (excludes halogenated alkanes) is 2. The molecule has 1 aromatic rings. The van der Waals surface area contributed by atoms with Crippen molar-refractivity contribution in [1.29, 1.82) is 0 Å². The summed E-state index contributed by atoms with van der Waals surface area (Å²) in [7, 11) is 0. The Morgan fingerprint density at radius 3 is 2.46 bits per heavy atom. The van der Waals surface area contributed by atoms with Gasteiger partial charge < -0.3 is 19.9 Å². The highest BCUT2D eigenvalue weighted by atomic mass is 16.5. The van der Waals surface area contributed by atoms with Gasteiger partial charge in [-0.3, -0.25) is 4.79 Å². The number of carbonyl (C=O) groups is 1. The van der Waals surface area contributed by atoms with E-state index in [1.165, 1.54) is 24.9 Å². The summed E-state index contributed by atoms with van der Waals surface area (Å²) in [5, 5.41) is 3.02. The largest absolute Gasteiger partial charge is 0.378 e. The molecule has 1 aromatic carbocycles. The van der Waals surface area contributed by atoms with Crippen LogP contribution in [0.1, 0.15) is 46.5 Å². The standard InChI is InChI=1S/C21H35N3O2/c1-4-5-6-12-23(18(2)3)13-11-21(25)22-19-7-9-20(10-8-19)24-14-16-26-17-15-24/h7-10,18H,4-6,11-17H2,1-3H3,(H,22,25). The zero-order valence-electron chi connectivity index (χ0n) is 16.7. The zero-order chi connectivity index (χ0) is 18.8. The van der Waals surface area contributed by atoms with Gasteiger partial charge in [-0.2, -0.15) is 0 Å². The number of hydrogen-bond donors (Lipinski definition) is 1. The van der Waals surface area contributed by atoms with Crippen molar-refractivity contribution in [3.05, 3.63) is 24.3 Å². The number of amides is 1. The fraction of sp³-hybridized carbons (Fsp3) is 0.667. The number of morpholine rings is 1. The average Bonchev–Trinajstić information content (AvgIpc) is 2.65. The molecule has 1 saturated heterocycles. The first-order chi connectivity index (χ1) is 12.6. The summed E-state index contributed by atoms with van der Waals surface area (Å²) >= 11 is 0. The minimum Gasteiger partial charge on any atom is -0.378 e. The summed E-state index contributed by atoms with van der Waals surface area (Å²) < 4.78 is 5.39. The molecule has 0 spiro atoms. The maximum absolute atomic E-state index is 12.3. The first-order valence-corrected chi connectivity index (χ1v) is 10.1. The molecule has 0 saturated carbocycles. The molecule has 2 rings (SSSR count). The summed E-state index contributed by atoms with van der Waals surface area (Å²) in [5.74, 6) is 0.0882. The Morgan fingerprint density at radius 2 is 1.85 bits per heavy atom. The first kappa shape index (κ1) is 20.7. The average molecular weight is 362 g/mol. The maximum Gasteiger partial charge on any atom is 0.225 e. The second-order valence-corrected chi connectivity index (χ2v) is 7.28. The van der Waals surface area contributed by atoms with Crippen LogP contribution >= 0.6 is 0 Å². The minimum atomic E-state index is 0.0882. The lowest BCUT2D eigenvalue weighted by molar-refractivity contribution is -0.116. The van der Waals surface area contributed by atoms with E-state index >= 15 is 0 Å². The van der Waals surface area contributed by atoms with Gasteiger partial charge in [-0.05, 0) is 51.1 Å². The molecule has 1 heterocycles. The molecule has 1 fully saturated rings. The van der Waals surface area contributed by atoms with Crippen LogP contribution in [0.15, 0.2) is 24.3 Å². The molecule has 146 valence electrons. The second-order valence-electron chi connectivity index (χ2n) is 7.28. The maximum atomic E-state index is 12.3. The molecule has 1 amide bonds. The molecule has 5 nitrogen and oxygen atoms in total. The molecule has 0 aliphatic carbocycles. The quantitative estimate of drug-likeness (QED) is 0.645. The molecular formula is C21H35N3O2. The van der Waals surface area contributed by atoms with Crippen molar-refractivity contribution in [3.8, 4) is 0 Å². The fourth-order valence-corrected chi connectivity index (χ4v) is 3.24. The van der Waals surface area contributed by atoms with Gasteiger partial charge in [0, 0.05) is 43.5 Å². The zero-order valence-corrected chi connectivity index (χ0v) is 16.7. The van der Waals surface area contributed by atoms with E-state index in [9.17, 15) is 4.79 Å². The van der Waals surface area contributed by atoms with Gasteiger partial charge >= 0.3 is 0 Å². The van der Waals surface area contributed by atoms with Crippen molar-refractivity contribution in [2.75, 3.05) is 49.6 Å². The van der Waals surface area contributed by atoms with Crippen molar-refractivity contribution >= 4 is 17.3 Å². The summed E-state index contributed by atoms with van der Waals surface area (Å²) in [5.41, 5.74) is 2.06. The minimum absolute atomic E-state index is 0.0882. The number of nitrogens with zero attached hydrogens (tertiary/aromatic N) is 2. The predicted molar refractivity (Wildman–Crippen MR) is 109 cm³/mol. The Hall–Kier alpha value is -1.59. The van der Waals surface area contributed by atoms with Crippen molar-refractivity contribution in [2.45, 2.75) is 52.5 Å². The number of nitrogens with one attached hydrogen (secondary N) is 1. The molecule has 1 aliphatic heterocycles. The lowest BCUT2D eigenvalue weighted by atomic mass is 10.2. The van der Waals surface area contributed by atoms with Gasteiger partial charge in [0.1, 0.15) is 0 Å². The van der Waals surface area contributed by atoms with Gasteiger partial charge in [-0.15, -0.1) is 0 Å².